The molecule has 0 aliphatic rings. The molecule has 0 saturated carbocycles. The second-order valence-electron chi connectivity index (χ2n) is 20.2. The van der Waals surface area contributed by atoms with Crippen LogP contribution in [0.1, 0.15) is 258 Å². The maximum Gasteiger partial charge on any atom is 0.306 e. The van der Waals surface area contributed by atoms with Crippen LogP contribution in [0.3, 0.4) is 0 Å². The largest absolute Gasteiger partial charge is 0.462 e. The summed E-state index contributed by atoms with van der Waals surface area (Å²) in [7, 11) is 0. The van der Waals surface area contributed by atoms with E-state index in [4.69, 9.17) is 14.2 Å². The molecule has 6 nitrogen and oxygen atoms in total. The average Bonchev–Trinajstić information content (AvgIpc) is 3.44. The monoisotopic (exact) mass is 1070 g/mol. The SMILES string of the molecule is CC/C=C\C/C=C\C/C=C\C/C=C\C/C=C\C/C=C\C/C=C\CCCCCC(=O)OCC(COC(=O)CCCCCC/C=C\C/C=C\C/C=C\C/C=C\CC)OC(=O)CCCCCCCCC/C=C\C/C=C\CCCCCC. The van der Waals surface area contributed by atoms with Gasteiger partial charge < -0.3 is 14.2 Å². The third-order valence-electron chi connectivity index (χ3n) is 12.7. The Balaban J connectivity index is 4.52. The van der Waals surface area contributed by atoms with E-state index in [0.29, 0.717) is 19.3 Å². The number of carbonyl (C=O) groups excluding carboxylic acids is 3. The Kier molecular flexibility index (Phi) is 60.4. The Morgan fingerprint density at radius 1 is 0.269 bits per heavy atom. The minimum Gasteiger partial charge on any atom is -0.462 e. The zero-order chi connectivity index (χ0) is 56.4. The minimum atomic E-state index is -0.816. The summed E-state index contributed by atoms with van der Waals surface area (Å²) in [4.78, 5) is 38.3. The van der Waals surface area contributed by atoms with Crippen molar-refractivity contribution >= 4 is 17.9 Å². The van der Waals surface area contributed by atoms with Crippen LogP contribution in [0.5, 0.6) is 0 Å². The van der Waals surface area contributed by atoms with Crippen LogP contribution in [0.4, 0.5) is 0 Å². The lowest BCUT2D eigenvalue weighted by Crippen LogP contribution is -2.30. The van der Waals surface area contributed by atoms with Crippen LogP contribution in [0.25, 0.3) is 0 Å². The van der Waals surface area contributed by atoms with E-state index in [1.807, 2.05) is 0 Å². The lowest BCUT2D eigenvalue weighted by atomic mass is 10.1. The van der Waals surface area contributed by atoms with Gasteiger partial charge in [0.15, 0.2) is 6.10 Å². The van der Waals surface area contributed by atoms with E-state index >= 15 is 0 Å². The smallest absolute Gasteiger partial charge is 0.306 e. The van der Waals surface area contributed by atoms with Gasteiger partial charge in [-0.15, -0.1) is 0 Å². The van der Waals surface area contributed by atoms with Gasteiger partial charge in [0.25, 0.3) is 0 Å². The van der Waals surface area contributed by atoms with Gasteiger partial charge in [-0.1, -0.05) is 249 Å². The summed E-state index contributed by atoms with van der Waals surface area (Å²) in [5, 5.41) is 0. The van der Waals surface area contributed by atoms with Crippen LogP contribution in [-0.2, 0) is 28.6 Å². The van der Waals surface area contributed by atoms with Crippen molar-refractivity contribution in [2.24, 2.45) is 0 Å². The van der Waals surface area contributed by atoms with Crippen molar-refractivity contribution in [3.05, 3.63) is 158 Å². The Labute approximate surface area is 480 Å². The molecule has 0 aliphatic carbocycles. The average molecular weight is 1080 g/mol. The zero-order valence-corrected chi connectivity index (χ0v) is 50.1. The Bertz CT molecular complexity index is 1760. The van der Waals surface area contributed by atoms with Crippen LogP contribution in [0, 0.1) is 0 Å². The number of rotatable bonds is 55. The highest BCUT2D eigenvalue weighted by atomic mass is 16.6. The predicted octanol–water partition coefficient (Wildman–Crippen LogP) is 21.7. The van der Waals surface area contributed by atoms with Gasteiger partial charge in [-0.25, -0.2) is 0 Å². The van der Waals surface area contributed by atoms with Crippen molar-refractivity contribution in [3.63, 3.8) is 0 Å². The minimum absolute atomic E-state index is 0.112. The molecule has 78 heavy (non-hydrogen) atoms. The molecule has 0 bridgehead atoms. The molecule has 0 rings (SSSR count). The molecule has 1 atom stereocenters. The number of hydrogen-bond donors (Lipinski definition) is 0. The summed E-state index contributed by atoms with van der Waals surface area (Å²) >= 11 is 0. The van der Waals surface area contributed by atoms with E-state index in [9.17, 15) is 14.4 Å². The third kappa shape index (κ3) is 61.9. The van der Waals surface area contributed by atoms with Crippen LogP contribution in [0.15, 0.2) is 158 Å². The van der Waals surface area contributed by atoms with E-state index < -0.39 is 6.10 Å². The molecule has 0 heterocycles. The van der Waals surface area contributed by atoms with Gasteiger partial charge in [0.2, 0.25) is 0 Å². The number of carbonyl (C=O) groups is 3. The third-order valence-corrected chi connectivity index (χ3v) is 12.7. The van der Waals surface area contributed by atoms with Crippen molar-refractivity contribution in [1.29, 1.82) is 0 Å². The summed E-state index contributed by atoms with van der Waals surface area (Å²) in [6, 6.07) is 0. The molecule has 0 aromatic rings. The molecule has 6 heteroatoms. The summed E-state index contributed by atoms with van der Waals surface area (Å²) in [5.41, 5.74) is 0. The summed E-state index contributed by atoms with van der Waals surface area (Å²) in [6.45, 7) is 6.34. The lowest BCUT2D eigenvalue weighted by molar-refractivity contribution is -0.167. The van der Waals surface area contributed by atoms with Gasteiger partial charge in [0, 0.05) is 19.3 Å². The molecule has 438 valence electrons. The van der Waals surface area contributed by atoms with Crippen molar-refractivity contribution < 1.29 is 28.6 Å². The molecule has 0 saturated heterocycles. The zero-order valence-electron chi connectivity index (χ0n) is 50.1. The molecule has 0 aliphatic heterocycles. The maximum absolute atomic E-state index is 12.9. The Morgan fingerprint density at radius 3 is 0.795 bits per heavy atom. The first-order valence-electron chi connectivity index (χ1n) is 31.5. The molecule has 0 radical (unpaired) electrons. The normalized spacial score (nSPS) is 13.2. The highest BCUT2D eigenvalue weighted by Crippen LogP contribution is 2.14. The number of hydrogen-bond acceptors (Lipinski definition) is 6. The second-order valence-corrected chi connectivity index (χ2v) is 20.2. The van der Waals surface area contributed by atoms with E-state index in [2.05, 4.69) is 179 Å². The van der Waals surface area contributed by atoms with E-state index in [1.54, 1.807) is 0 Å². The van der Waals surface area contributed by atoms with Gasteiger partial charge in [-0.05, 0) is 148 Å². The number of unbranched alkanes of at least 4 members (excludes halogenated alkanes) is 18. The summed E-state index contributed by atoms with van der Waals surface area (Å²) < 4.78 is 16.9. The van der Waals surface area contributed by atoms with Crippen molar-refractivity contribution in [2.45, 2.75) is 264 Å². The van der Waals surface area contributed by atoms with Gasteiger partial charge in [-0.2, -0.15) is 0 Å². The summed E-state index contributed by atoms with van der Waals surface area (Å²) in [6.07, 6.45) is 93.8. The fourth-order valence-electron chi connectivity index (χ4n) is 8.09. The van der Waals surface area contributed by atoms with Crippen LogP contribution >= 0.6 is 0 Å². The highest BCUT2D eigenvalue weighted by Gasteiger charge is 2.19. The van der Waals surface area contributed by atoms with Crippen molar-refractivity contribution in [2.75, 3.05) is 13.2 Å². The van der Waals surface area contributed by atoms with E-state index in [-0.39, 0.29) is 31.1 Å². The molecule has 0 fully saturated rings. The molecule has 0 aromatic carbocycles. The van der Waals surface area contributed by atoms with Gasteiger partial charge >= 0.3 is 17.9 Å². The number of allylic oxidation sites excluding steroid dienone is 26. The molecular weight excluding hydrogens is 961 g/mol. The Morgan fingerprint density at radius 2 is 0.500 bits per heavy atom. The molecule has 0 amide bonds. The second kappa shape index (κ2) is 64.6. The molecular formula is C72H114O6. The maximum atomic E-state index is 12.9. The predicted molar refractivity (Wildman–Crippen MR) is 338 cm³/mol. The van der Waals surface area contributed by atoms with Crippen molar-refractivity contribution in [3.8, 4) is 0 Å². The highest BCUT2D eigenvalue weighted by molar-refractivity contribution is 5.71. The van der Waals surface area contributed by atoms with Crippen molar-refractivity contribution in [1.82, 2.24) is 0 Å². The molecule has 0 aromatic heterocycles. The first-order valence-corrected chi connectivity index (χ1v) is 31.5. The van der Waals surface area contributed by atoms with Crippen LogP contribution in [-0.4, -0.2) is 37.2 Å². The summed E-state index contributed by atoms with van der Waals surface area (Å²) in [5.74, 6) is -0.978. The first-order chi connectivity index (χ1) is 38.5. The molecule has 0 N–H and O–H groups in total. The fourth-order valence-corrected chi connectivity index (χ4v) is 8.09. The fraction of sp³-hybridized carbons (Fsp3) is 0.597. The standard InChI is InChI=1S/C72H114O6/c1-4-7-10-13-16-19-22-25-28-31-33-34-35-36-37-38-39-42-44-47-50-53-56-59-62-65-71(74)77-68-69(67-76-70(73)64-61-58-55-52-49-46-43-40-30-27-24-21-18-15-12-9-6-3)78-72(75)66-63-60-57-54-51-48-45-41-32-29-26-23-20-17-14-11-8-5-2/h7,9-10,12,16,18-21,23,25,27-30,32-34,36-37,39,42-43,46-47,50,69H,4-6,8,11,13-15,17,22,24,26,31,35,38,40-41,44-45,48-49,51-68H2,1-3H3/b10-7-,12-9-,19-16-,21-18-,23-20-,28-25-,30-27-,32-29-,34-33-,37-36-,42-39-,46-43-,50-47-. The molecule has 0 spiro atoms. The lowest BCUT2D eigenvalue weighted by Gasteiger charge is -2.18. The van der Waals surface area contributed by atoms with E-state index in [1.165, 1.54) is 57.8 Å². The molecule has 1 unspecified atom stereocenters. The quantitative estimate of drug-likeness (QED) is 0.0261. The van der Waals surface area contributed by atoms with Gasteiger partial charge in [0.05, 0.1) is 0 Å². The van der Waals surface area contributed by atoms with E-state index in [0.717, 1.165) is 161 Å². The van der Waals surface area contributed by atoms with Crippen LogP contribution < -0.4 is 0 Å². The number of ether oxygens (including phenoxy) is 3. The number of esters is 3. The van der Waals surface area contributed by atoms with Gasteiger partial charge in [0.1, 0.15) is 13.2 Å². The first kappa shape index (κ1) is 73.0. The van der Waals surface area contributed by atoms with Crippen LogP contribution in [0.2, 0.25) is 0 Å². The topological polar surface area (TPSA) is 78.9 Å². The Hall–Kier alpha value is -4.97. The van der Waals surface area contributed by atoms with Gasteiger partial charge in [-0.3, -0.25) is 14.4 Å².